The number of aromatic nitrogens is 2. The number of amides is 1. The summed E-state index contributed by atoms with van der Waals surface area (Å²) in [7, 11) is 0. The Morgan fingerprint density at radius 1 is 1.41 bits per heavy atom. The predicted molar refractivity (Wildman–Crippen MR) is 99.0 cm³/mol. The quantitative estimate of drug-likeness (QED) is 0.793. The molecule has 2 aliphatic heterocycles. The Kier molecular flexibility index (Phi) is 3.82. The largest absolute Gasteiger partial charge is 0.750 e. The number of nitrogens with one attached hydrogen (secondary N) is 1. The van der Waals surface area contributed by atoms with Crippen LogP contribution >= 0.6 is 0 Å². The number of hydrogen-bond donors (Lipinski definition) is 1. The lowest BCUT2D eigenvalue weighted by Crippen LogP contribution is -2.64. The highest BCUT2D eigenvalue weighted by Crippen LogP contribution is 2.50. The third-order valence-corrected chi connectivity index (χ3v) is 6.58. The van der Waals surface area contributed by atoms with Crippen molar-refractivity contribution in [1.29, 1.82) is 0 Å². The molecular weight excluding hydrogens is 368 g/mol. The van der Waals surface area contributed by atoms with Crippen LogP contribution in [0.1, 0.15) is 35.8 Å². The minimum Gasteiger partial charge on any atom is -0.750 e. The van der Waals surface area contributed by atoms with E-state index in [1.807, 2.05) is 24.0 Å². The van der Waals surface area contributed by atoms with Gasteiger partial charge in [0.1, 0.15) is 11.5 Å². The summed E-state index contributed by atoms with van der Waals surface area (Å²) in [5.74, 6) is 0.974. The van der Waals surface area contributed by atoms with Crippen LogP contribution in [0.3, 0.4) is 0 Å². The van der Waals surface area contributed by atoms with E-state index in [0.717, 1.165) is 73.6 Å². The molecule has 1 aliphatic carbocycles. The monoisotopic (exact) mass is 389 g/mol. The Hall–Kier alpha value is -1.97. The maximum absolute atomic E-state index is 12.7. The van der Waals surface area contributed by atoms with Gasteiger partial charge in [-0.3, -0.25) is 8.98 Å². The zero-order chi connectivity index (χ0) is 18.8. The molecule has 144 valence electrons. The molecule has 4 heterocycles. The van der Waals surface area contributed by atoms with Gasteiger partial charge in [-0.1, -0.05) is 0 Å². The molecule has 0 radical (unpaired) electrons. The maximum Gasteiger partial charge on any atom is 0.256 e. The number of pyridine rings is 1. The van der Waals surface area contributed by atoms with E-state index in [9.17, 15) is 13.6 Å². The van der Waals surface area contributed by atoms with Crippen LogP contribution in [0.2, 0.25) is 0 Å². The number of carbonyl (C=O) groups excluding carboxylic acids is 1. The Balaban J connectivity index is 1.33. The second kappa shape index (κ2) is 6.02. The molecule has 1 amide bonds. The average Bonchev–Trinajstić information content (AvgIpc) is 2.94. The summed E-state index contributed by atoms with van der Waals surface area (Å²) in [6.07, 6.45) is 2.20. The van der Waals surface area contributed by atoms with Crippen LogP contribution in [0.25, 0.3) is 11.0 Å². The van der Waals surface area contributed by atoms with Gasteiger partial charge in [-0.05, 0) is 31.9 Å². The van der Waals surface area contributed by atoms with E-state index >= 15 is 0 Å². The van der Waals surface area contributed by atoms with Crippen molar-refractivity contribution < 1.29 is 17.7 Å². The van der Waals surface area contributed by atoms with E-state index in [1.54, 1.807) is 0 Å². The SMILES string of the molecule is CCN1CCc2[nH]c3nc(N4CC5(CC(OS(=O)[O-])C5)C4)ccc3c2C1=O. The van der Waals surface area contributed by atoms with Gasteiger partial charge in [-0.25, -0.2) is 9.19 Å². The third kappa shape index (κ3) is 2.67. The minimum absolute atomic E-state index is 0.0822. The lowest BCUT2D eigenvalue weighted by atomic mass is 9.62. The van der Waals surface area contributed by atoms with Gasteiger partial charge in [0.2, 0.25) is 0 Å². The molecule has 1 spiro atoms. The zero-order valence-electron chi connectivity index (χ0n) is 15.1. The molecule has 1 N–H and O–H groups in total. The van der Waals surface area contributed by atoms with Gasteiger partial charge in [-0.15, -0.1) is 0 Å². The molecule has 1 unspecified atom stereocenters. The summed E-state index contributed by atoms with van der Waals surface area (Å²) >= 11 is -2.43. The number of carbonyl (C=O) groups is 1. The second-order valence-electron chi connectivity index (χ2n) is 7.87. The number of aromatic amines is 1. The van der Waals surface area contributed by atoms with Crippen molar-refractivity contribution >= 4 is 34.1 Å². The van der Waals surface area contributed by atoms with Crippen LogP contribution in [0.4, 0.5) is 5.82 Å². The van der Waals surface area contributed by atoms with Crippen LogP contribution in [0.5, 0.6) is 0 Å². The van der Waals surface area contributed by atoms with Crippen LogP contribution in [0.15, 0.2) is 12.1 Å². The number of hydrogen-bond acceptors (Lipinski definition) is 6. The summed E-state index contributed by atoms with van der Waals surface area (Å²) in [5.41, 5.74) is 2.67. The first-order chi connectivity index (χ1) is 13.0. The minimum atomic E-state index is -2.43. The van der Waals surface area contributed by atoms with E-state index in [1.165, 1.54) is 0 Å². The lowest BCUT2D eigenvalue weighted by molar-refractivity contribution is -0.0319. The van der Waals surface area contributed by atoms with Crippen LogP contribution in [0, 0.1) is 5.41 Å². The van der Waals surface area contributed by atoms with Crippen molar-refractivity contribution in [2.24, 2.45) is 5.41 Å². The van der Waals surface area contributed by atoms with Gasteiger partial charge < -0.3 is 19.3 Å². The molecule has 27 heavy (non-hydrogen) atoms. The van der Waals surface area contributed by atoms with Gasteiger partial charge in [0.05, 0.1) is 23.0 Å². The second-order valence-corrected chi connectivity index (χ2v) is 8.47. The van der Waals surface area contributed by atoms with Gasteiger partial charge in [0.25, 0.3) is 5.91 Å². The van der Waals surface area contributed by atoms with Crippen molar-refractivity contribution in [3.8, 4) is 0 Å². The average molecular weight is 389 g/mol. The number of nitrogens with zero attached hydrogens (tertiary/aromatic N) is 3. The first-order valence-electron chi connectivity index (χ1n) is 9.30. The molecule has 9 heteroatoms. The van der Waals surface area contributed by atoms with Crippen LogP contribution in [-0.4, -0.2) is 61.8 Å². The number of likely N-dealkylation sites (N-methyl/N-ethyl adjacent to an activating group) is 1. The van der Waals surface area contributed by atoms with Gasteiger partial charge in [-0.2, -0.15) is 0 Å². The normalized spacial score (nSPS) is 22.7. The lowest BCUT2D eigenvalue weighted by Gasteiger charge is -2.58. The number of fused-ring (bicyclic) bond motifs is 3. The van der Waals surface area contributed by atoms with Crippen molar-refractivity contribution in [3.63, 3.8) is 0 Å². The fourth-order valence-electron chi connectivity index (χ4n) is 4.80. The smallest absolute Gasteiger partial charge is 0.256 e. The highest BCUT2D eigenvalue weighted by atomic mass is 32.2. The third-order valence-electron chi connectivity index (χ3n) is 6.15. The highest BCUT2D eigenvalue weighted by molar-refractivity contribution is 7.74. The molecule has 1 atom stereocenters. The molecule has 1 saturated carbocycles. The Morgan fingerprint density at radius 2 is 2.19 bits per heavy atom. The summed E-state index contributed by atoms with van der Waals surface area (Å²) in [4.78, 5) is 24.8. The highest BCUT2D eigenvalue weighted by Gasteiger charge is 2.53. The first-order valence-corrected chi connectivity index (χ1v) is 10.3. The van der Waals surface area contributed by atoms with Crippen LogP contribution < -0.4 is 4.90 Å². The van der Waals surface area contributed by atoms with E-state index in [-0.39, 0.29) is 17.4 Å². The summed E-state index contributed by atoms with van der Waals surface area (Å²) in [5, 5.41) is 0.891. The van der Waals surface area contributed by atoms with Crippen molar-refractivity contribution in [2.75, 3.05) is 31.1 Å². The molecular formula is C18H21N4O4S-. The molecule has 2 aromatic rings. The van der Waals surface area contributed by atoms with Crippen molar-refractivity contribution in [1.82, 2.24) is 14.9 Å². The van der Waals surface area contributed by atoms with Gasteiger partial charge >= 0.3 is 0 Å². The van der Waals surface area contributed by atoms with Gasteiger partial charge in [0, 0.05) is 49.1 Å². The first kappa shape index (κ1) is 17.2. The molecule has 2 aromatic heterocycles. The molecule has 1 saturated heterocycles. The number of H-pyrrole nitrogens is 1. The van der Waals surface area contributed by atoms with Crippen LogP contribution in [-0.2, 0) is 22.0 Å². The van der Waals surface area contributed by atoms with Crippen molar-refractivity contribution in [2.45, 2.75) is 32.3 Å². The van der Waals surface area contributed by atoms with E-state index < -0.39 is 11.4 Å². The molecule has 3 aliphatic rings. The zero-order valence-corrected chi connectivity index (χ0v) is 15.9. The fraction of sp³-hybridized carbons (Fsp3) is 0.556. The maximum atomic E-state index is 12.7. The van der Waals surface area contributed by atoms with E-state index in [0.29, 0.717) is 0 Å². The molecule has 0 bridgehead atoms. The molecule has 8 nitrogen and oxygen atoms in total. The van der Waals surface area contributed by atoms with Crippen molar-refractivity contribution in [3.05, 3.63) is 23.4 Å². The van der Waals surface area contributed by atoms with Gasteiger partial charge in [0.15, 0.2) is 0 Å². The topological polar surface area (TPSA) is 102 Å². The molecule has 5 rings (SSSR count). The Bertz CT molecular complexity index is 944. The number of rotatable bonds is 4. The predicted octanol–water partition coefficient (Wildman–Crippen LogP) is 1.36. The summed E-state index contributed by atoms with van der Waals surface area (Å²) in [6.45, 7) is 5.18. The van der Waals surface area contributed by atoms with E-state index in [4.69, 9.17) is 9.17 Å². The summed E-state index contributed by atoms with van der Waals surface area (Å²) in [6, 6.07) is 3.96. The molecule has 2 fully saturated rings. The summed E-state index contributed by atoms with van der Waals surface area (Å²) < 4.78 is 26.0. The standard InChI is InChI=1S/C18H22N4O4S/c1-2-21-6-5-13-15(17(21)23)12-3-4-14(20-16(12)19-13)22-9-18(10-22)7-11(8-18)26-27(24)25/h3-4,11H,2,5-10H2,1H3,(H,19,20)(H,24,25)/p-1. The molecule has 0 aromatic carbocycles. The fourth-order valence-corrected chi connectivity index (χ4v) is 5.16. The number of anilines is 1. The Morgan fingerprint density at radius 3 is 2.89 bits per heavy atom. The van der Waals surface area contributed by atoms with E-state index in [2.05, 4.69) is 9.88 Å². The Labute approximate surface area is 159 Å².